The minimum atomic E-state index is 0.649. The number of para-hydroxylation sites is 1. The van der Waals surface area contributed by atoms with Crippen LogP contribution in [0.5, 0.6) is 0 Å². The van der Waals surface area contributed by atoms with Crippen LogP contribution < -0.4 is 5.32 Å². The summed E-state index contributed by atoms with van der Waals surface area (Å²) in [4.78, 5) is 2.58. The van der Waals surface area contributed by atoms with E-state index in [9.17, 15) is 0 Å². The summed E-state index contributed by atoms with van der Waals surface area (Å²) in [5, 5.41) is 4.68. The third-order valence-electron chi connectivity index (χ3n) is 4.17. The molecule has 2 aromatic rings. The molecule has 2 heterocycles. The van der Waals surface area contributed by atoms with Crippen molar-refractivity contribution in [1.82, 2.24) is 10.2 Å². The topological polar surface area (TPSA) is 28.4 Å². The van der Waals surface area contributed by atoms with Gasteiger partial charge in [-0.15, -0.1) is 0 Å². The van der Waals surface area contributed by atoms with Crippen LogP contribution in [-0.2, 0) is 6.42 Å². The Bertz CT molecular complexity index is 528. The van der Waals surface area contributed by atoms with Gasteiger partial charge in [-0.1, -0.05) is 18.2 Å². The summed E-state index contributed by atoms with van der Waals surface area (Å²) in [6.07, 6.45) is 4.22. The molecule has 0 spiro atoms. The second kappa shape index (κ2) is 5.76. The van der Waals surface area contributed by atoms with E-state index < -0.39 is 0 Å². The summed E-state index contributed by atoms with van der Waals surface area (Å²) in [6, 6.07) is 8.96. The lowest BCUT2D eigenvalue weighted by molar-refractivity contribution is 0.177. The molecule has 0 saturated carbocycles. The summed E-state index contributed by atoms with van der Waals surface area (Å²) < 4.78 is 5.60. The predicted molar refractivity (Wildman–Crippen MR) is 78.4 cm³/mol. The Hall–Kier alpha value is -1.32. The molecular weight excluding hydrogens is 236 g/mol. The summed E-state index contributed by atoms with van der Waals surface area (Å²) in [5.74, 6) is 0. The third kappa shape index (κ3) is 2.82. The van der Waals surface area contributed by atoms with Crippen molar-refractivity contribution in [3.05, 3.63) is 36.1 Å². The molecule has 0 aliphatic carbocycles. The van der Waals surface area contributed by atoms with Gasteiger partial charge in [-0.05, 0) is 31.4 Å². The largest absolute Gasteiger partial charge is 0.464 e. The lowest BCUT2D eigenvalue weighted by Crippen LogP contribution is -2.47. The van der Waals surface area contributed by atoms with Crippen molar-refractivity contribution in [2.75, 3.05) is 26.2 Å². The van der Waals surface area contributed by atoms with Crippen LogP contribution in [0.25, 0.3) is 11.0 Å². The smallest absolute Gasteiger partial charge is 0.134 e. The third-order valence-corrected chi connectivity index (χ3v) is 4.17. The van der Waals surface area contributed by atoms with Gasteiger partial charge in [-0.25, -0.2) is 0 Å². The van der Waals surface area contributed by atoms with Crippen LogP contribution in [0, 0.1) is 0 Å². The second-order valence-corrected chi connectivity index (χ2v) is 5.43. The van der Waals surface area contributed by atoms with E-state index in [4.69, 9.17) is 4.42 Å². The van der Waals surface area contributed by atoms with Gasteiger partial charge >= 0.3 is 0 Å². The van der Waals surface area contributed by atoms with Crippen molar-refractivity contribution in [3.8, 4) is 0 Å². The summed E-state index contributed by atoms with van der Waals surface area (Å²) in [7, 11) is 0. The van der Waals surface area contributed by atoms with Gasteiger partial charge in [0.1, 0.15) is 5.58 Å². The van der Waals surface area contributed by atoms with E-state index in [0.29, 0.717) is 6.04 Å². The van der Waals surface area contributed by atoms with Crippen LogP contribution in [-0.4, -0.2) is 37.1 Å². The number of piperazine rings is 1. The molecule has 3 heteroatoms. The molecule has 1 fully saturated rings. The number of fused-ring (bicyclic) bond motifs is 1. The Balaban J connectivity index is 1.62. The Morgan fingerprint density at radius 3 is 2.89 bits per heavy atom. The van der Waals surface area contributed by atoms with E-state index in [0.717, 1.165) is 25.1 Å². The predicted octanol–water partition coefficient (Wildman–Crippen LogP) is 2.66. The van der Waals surface area contributed by atoms with Crippen LogP contribution in [0.2, 0.25) is 0 Å². The van der Waals surface area contributed by atoms with E-state index in [1.807, 2.05) is 18.4 Å². The lowest BCUT2D eigenvalue weighted by atomic mass is 10.0. The first kappa shape index (κ1) is 12.7. The molecule has 1 saturated heterocycles. The fraction of sp³-hybridized carbons (Fsp3) is 0.500. The molecule has 3 nitrogen and oxygen atoms in total. The molecule has 0 amide bonds. The first-order valence-corrected chi connectivity index (χ1v) is 7.24. The van der Waals surface area contributed by atoms with Crippen molar-refractivity contribution < 1.29 is 4.42 Å². The van der Waals surface area contributed by atoms with Gasteiger partial charge in [0.2, 0.25) is 0 Å². The molecule has 1 N–H and O–H groups in total. The van der Waals surface area contributed by atoms with Gasteiger partial charge in [0, 0.05) is 37.6 Å². The van der Waals surface area contributed by atoms with E-state index in [1.54, 1.807) is 0 Å². The molecule has 0 radical (unpaired) electrons. The molecular formula is C16H22N2O. The number of benzene rings is 1. The maximum absolute atomic E-state index is 5.60. The average molecular weight is 258 g/mol. The second-order valence-electron chi connectivity index (χ2n) is 5.43. The molecule has 0 bridgehead atoms. The maximum atomic E-state index is 5.60. The monoisotopic (exact) mass is 258 g/mol. The maximum Gasteiger partial charge on any atom is 0.134 e. The number of furan rings is 1. The highest BCUT2D eigenvalue weighted by Crippen LogP contribution is 2.22. The fourth-order valence-electron chi connectivity index (χ4n) is 2.90. The van der Waals surface area contributed by atoms with Gasteiger partial charge in [0.05, 0.1) is 6.26 Å². The van der Waals surface area contributed by atoms with Crippen LogP contribution in [0.3, 0.4) is 0 Å². The lowest BCUT2D eigenvalue weighted by Gasteiger charge is -2.32. The molecule has 1 atom stereocenters. The van der Waals surface area contributed by atoms with Crippen molar-refractivity contribution in [3.63, 3.8) is 0 Å². The number of rotatable bonds is 4. The quantitative estimate of drug-likeness (QED) is 0.914. The van der Waals surface area contributed by atoms with E-state index in [1.165, 1.54) is 30.5 Å². The summed E-state index contributed by atoms with van der Waals surface area (Å²) >= 11 is 0. The highest BCUT2D eigenvalue weighted by molar-refractivity contribution is 5.80. The van der Waals surface area contributed by atoms with Crippen molar-refractivity contribution in [2.24, 2.45) is 0 Å². The van der Waals surface area contributed by atoms with E-state index in [-0.39, 0.29) is 0 Å². The van der Waals surface area contributed by atoms with Crippen molar-refractivity contribution >= 4 is 11.0 Å². The number of aryl methyl sites for hydroxylation is 1. The number of hydrogen-bond acceptors (Lipinski definition) is 3. The van der Waals surface area contributed by atoms with Gasteiger partial charge in [0.25, 0.3) is 0 Å². The normalized spacial score (nSPS) is 18.8. The molecule has 19 heavy (non-hydrogen) atoms. The first-order chi connectivity index (χ1) is 9.34. The van der Waals surface area contributed by atoms with E-state index >= 15 is 0 Å². The number of nitrogens with zero attached hydrogens (tertiary/aromatic N) is 1. The molecule has 1 aliphatic heterocycles. The van der Waals surface area contributed by atoms with Gasteiger partial charge in [0.15, 0.2) is 0 Å². The molecule has 1 aromatic heterocycles. The Kier molecular flexibility index (Phi) is 3.85. The highest BCUT2D eigenvalue weighted by atomic mass is 16.3. The standard InChI is InChI=1S/C16H22N2O/c1-13(18-10-8-17-9-11-18)6-7-14-12-19-16-5-3-2-4-15(14)16/h2-5,12-13,17H,6-11H2,1H3. The first-order valence-electron chi connectivity index (χ1n) is 7.24. The Morgan fingerprint density at radius 2 is 2.05 bits per heavy atom. The Labute approximate surface area is 114 Å². The summed E-state index contributed by atoms with van der Waals surface area (Å²) in [5.41, 5.74) is 2.35. The molecule has 1 unspecified atom stereocenters. The van der Waals surface area contributed by atoms with Gasteiger partial charge in [-0.3, -0.25) is 4.90 Å². The minimum absolute atomic E-state index is 0.649. The van der Waals surface area contributed by atoms with Crippen molar-refractivity contribution in [1.29, 1.82) is 0 Å². The van der Waals surface area contributed by atoms with Gasteiger partial charge in [-0.2, -0.15) is 0 Å². The molecule has 102 valence electrons. The van der Waals surface area contributed by atoms with Crippen LogP contribution in [0.1, 0.15) is 18.9 Å². The SMILES string of the molecule is CC(CCc1coc2ccccc12)N1CCNCC1. The molecule has 1 aliphatic rings. The number of nitrogens with one attached hydrogen (secondary N) is 1. The molecule has 3 rings (SSSR count). The van der Waals surface area contributed by atoms with Crippen LogP contribution in [0.15, 0.2) is 34.9 Å². The molecule has 1 aromatic carbocycles. The zero-order valence-electron chi connectivity index (χ0n) is 11.6. The van der Waals surface area contributed by atoms with Crippen LogP contribution >= 0.6 is 0 Å². The number of hydrogen-bond donors (Lipinski definition) is 1. The van der Waals surface area contributed by atoms with E-state index in [2.05, 4.69) is 29.3 Å². The van der Waals surface area contributed by atoms with Crippen molar-refractivity contribution in [2.45, 2.75) is 25.8 Å². The zero-order chi connectivity index (χ0) is 13.1. The van der Waals surface area contributed by atoms with Crippen LogP contribution in [0.4, 0.5) is 0 Å². The minimum Gasteiger partial charge on any atom is -0.464 e. The van der Waals surface area contributed by atoms with Gasteiger partial charge < -0.3 is 9.73 Å². The highest BCUT2D eigenvalue weighted by Gasteiger charge is 2.16. The zero-order valence-corrected chi connectivity index (χ0v) is 11.6. The fourth-order valence-corrected chi connectivity index (χ4v) is 2.90. The summed E-state index contributed by atoms with van der Waals surface area (Å²) in [6.45, 7) is 6.94. The Morgan fingerprint density at radius 1 is 1.26 bits per heavy atom. The average Bonchev–Trinajstić information content (AvgIpc) is 2.89.